The molecule has 0 aliphatic heterocycles. The number of hydrogen-bond donors (Lipinski definition) is 2. The molecule has 148 valence electrons. The van der Waals surface area contributed by atoms with Crippen LogP contribution in [-0.2, 0) is 14.6 Å². The minimum Gasteiger partial charge on any atom is -0.493 e. The van der Waals surface area contributed by atoms with Crippen LogP contribution in [0.4, 0.5) is 5.69 Å². The van der Waals surface area contributed by atoms with Crippen molar-refractivity contribution in [1.82, 2.24) is 5.32 Å². The van der Waals surface area contributed by atoms with Gasteiger partial charge in [-0.15, -0.1) is 0 Å². The zero-order valence-corrected chi connectivity index (χ0v) is 17.1. The number of guanidine groups is 1. The van der Waals surface area contributed by atoms with Crippen molar-refractivity contribution >= 4 is 21.5 Å². The van der Waals surface area contributed by atoms with E-state index in [-0.39, 0.29) is 12.3 Å². The number of benzene rings is 1. The van der Waals surface area contributed by atoms with Crippen LogP contribution in [0.15, 0.2) is 29.3 Å². The van der Waals surface area contributed by atoms with Crippen LogP contribution >= 0.6 is 0 Å². The van der Waals surface area contributed by atoms with E-state index in [1.807, 2.05) is 24.3 Å². The van der Waals surface area contributed by atoms with Crippen LogP contribution in [0.3, 0.4) is 0 Å². The highest BCUT2D eigenvalue weighted by molar-refractivity contribution is 7.92. The van der Waals surface area contributed by atoms with Gasteiger partial charge in [-0.05, 0) is 32.9 Å². The summed E-state index contributed by atoms with van der Waals surface area (Å²) in [4.78, 5) is 4.12. The summed E-state index contributed by atoms with van der Waals surface area (Å²) in [6, 6.07) is 7.52. The first-order valence-electron chi connectivity index (χ1n) is 8.61. The molecule has 26 heavy (non-hydrogen) atoms. The van der Waals surface area contributed by atoms with E-state index in [2.05, 4.69) is 15.6 Å². The van der Waals surface area contributed by atoms with Crippen molar-refractivity contribution in [3.63, 3.8) is 0 Å². The Morgan fingerprint density at radius 1 is 1.23 bits per heavy atom. The van der Waals surface area contributed by atoms with Gasteiger partial charge in [0.15, 0.2) is 15.8 Å². The molecule has 1 aromatic carbocycles. The molecular weight excluding hydrogens is 354 g/mol. The maximum absolute atomic E-state index is 12.1. The standard InChI is InChI=1S/C18H31N3O4S/c1-18(2,3)26(22,23)13-10-20-17(19-4)21-15-8-6-9-16(14-15)25-12-7-11-24-5/h6,8-9,14H,7,10-13H2,1-5H3,(H2,19,20,21). The van der Waals surface area contributed by atoms with Gasteiger partial charge in [-0.1, -0.05) is 6.07 Å². The number of methoxy groups -OCH3 is 1. The molecule has 0 aliphatic rings. The molecule has 0 spiro atoms. The molecule has 2 N–H and O–H groups in total. The lowest BCUT2D eigenvalue weighted by molar-refractivity contribution is 0.172. The number of rotatable bonds is 9. The maximum atomic E-state index is 12.1. The number of aliphatic imine (C=N–C) groups is 1. The predicted molar refractivity (Wildman–Crippen MR) is 107 cm³/mol. The van der Waals surface area contributed by atoms with Gasteiger partial charge in [0.05, 0.1) is 17.1 Å². The third-order valence-corrected chi connectivity index (χ3v) is 6.29. The van der Waals surface area contributed by atoms with Gasteiger partial charge in [-0.25, -0.2) is 8.42 Å². The fraction of sp³-hybridized carbons (Fsp3) is 0.611. The van der Waals surface area contributed by atoms with Crippen molar-refractivity contribution < 1.29 is 17.9 Å². The highest BCUT2D eigenvalue weighted by atomic mass is 32.2. The van der Waals surface area contributed by atoms with Gasteiger partial charge in [-0.2, -0.15) is 0 Å². The molecule has 0 aromatic heterocycles. The highest BCUT2D eigenvalue weighted by Crippen LogP contribution is 2.18. The molecule has 0 unspecified atom stereocenters. The fourth-order valence-corrected chi connectivity index (χ4v) is 2.97. The smallest absolute Gasteiger partial charge is 0.195 e. The third-order valence-electron chi connectivity index (χ3n) is 3.68. The average molecular weight is 386 g/mol. The Bertz CT molecular complexity index is 682. The van der Waals surface area contributed by atoms with Crippen LogP contribution in [0.1, 0.15) is 27.2 Å². The van der Waals surface area contributed by atoms with Crippen molar-refractivity contribution in [2.45, 2.75) is 31.9 Å². The summed E-state index contributed by atoms with van der Waals surface area (Å²) in [6.07, 6.45) is 0.819. The van der Waals surface area contributed by atoms with E-state index in [0.29, 0.717) is 19.2 Å². The number of nitrogens with zero attached hydrogens (tertiary/aromatic N) is 1. The zero-order chi connectivity index (χ0) is 19.6. The van der Waals surface area contributed by atoms with Crippen LogP contribution in [0.2, 0.25) is 0 Å². The van der Waals surface area contributed by atoms with Crippen molar-refractivity contribution in [2.24, 2.45) is 4.99 Å². The van der Waals surface area contributed by atoms with E-state index >= 15 is 0 Å². The lowest BCUT2D eigenvalue weighted by Gasteiger charge is -2.20. The summed E-state index contributed by atoms with van der Waals surface area (Å²) in [5.41, 5.74) is 0.807. The average Bonchev–Trinajstić information content (AvgIpc) is 2.57. The van der Waals surface area contributed by atoms with Crippen LogP contribution in [-0.4, -0.2) is 58.8 Å². The molecule has 0 saturated carbocycles. The number of hydrogen-bond acceptors (Lipinski definition) is 5. The molecule has 1 aromatic rings. The van der Waals surface area contributed by atoms with E-state index < -0.39 is 14.6 Å². The van der Waals surface area contributed by atoms with Crippen molar-refractivity contribution in [2.75, 3.05) is 45.0 Å². The van der Waals surface area contributed by atoms with Gasteiger partial charge in [-0.3, -0.25) is 4.99 Å². The van der Waals surface area contributed by atoms with E-state index in [1.165, 1.54) is 0 Å². The fourth-order valence-electron chi connectivity index (χ4n) is 1.98. The van der Waals surface area contributed by atoms with Crippen LogP contribution in [0.25, 0.3) is 0 Å². The summed E-state index contributed by atoms with van der Waals surface area (Å²) < 4.78 is 34.2. The molecule has 0 amide bonds. The Morgan fingerprint density at radius 3 is 2.58 bits per heavy atom. The largest absolute Gasteiger partial charge is 0.493 e. The maximum Gasteiger partial charge on any atom is 0.195 e. The molecule has 0 aliphatic carbocycles. The van der Waals surface area contributed by atoms with Gasteiger partial charge >= 0.3 is 0 Å². The van der Waals surface area contributed by atoms with Gasteiger partial charge < -0.3 is 20.1 Å². The Hall–Kier alpha value is -1.80. The Kier molecular flexibility index (Phi) is 8.87. The topological polar surface area (TPSA) is 89.0 Å². The molecule has 7 nitrogen and oxygen atoms in total. The molecular formula is C18H31N3O4S. The zero-order valence-electron chi connectivity index (χ0n) is 16.3. The quantitative estimate of drug-likeness (QED) is 0.385. The molecule has 0 radical (unpaired) electrons. The summed E-state index contributed by atoms with van der Waals surface area (Å²) in [5, 5.41) is 6.16. The van der Waals surface area contributed by atoms with E-state index in [1.54, 1.807) is 34.9 Å². The first-order chi connectivity index (χ1) is 12.2. The summed E-state index contributed by atoms with van der Waals surface area (Å²) in [5.74, 6) is 1.29. The summed E-state index contributed by atoms with van der Waals surface area (Å²) in [7, 11) is 0.128. The highest BCUT2D eigenvalue weighted by Gasteiger charge is 2.28. The van der Waals surface area contributed by atoms with E-state index in [4.69, 9.17) is 9.47 Å². The third kappa shape index (κ3) is 7.61. The van der Waals surface area contributed by atoms with E-state index in [0.717, 1.165) is 17.9 Å². The second-order valence-electron chi connectivity index (χ2n) is 6.78. The number of nitrogens with one attached hydrogen (secondary N) is 2. The summed E-state index contributed by atoms with van der Waals surface area (Å²) >= 11 is 0. The first-order valence-corrected chi connectivity index (χ1v) is 10.3. The first kappa shape index (κ1) is 22.2. The molecule has 0 atom stereocenters. The molecule has 0 saturated heterocycles. The van der Waals surface area contributed by atoms with Gasteiger partial charge in [0.2, 0.25) is 0 Å². The van der Waals surface area contributed by atoms with Crippen LogP contribution in [0, 0.1) is 0 Å². The van der Waals surface area contributed by atoms with Crippen LogP contribution in [0.5, 0.6) is 5.75 Å². The lowest BCUT2D eigenvalue weighted by atomic mass is 10.3. The normalized spacial score (nSPS) is 12.7. The second-order valence-corrected chi connectivity index (χ2v) is 9.64. The second kappa shape index (κ2) is 10.4. The van der Waals surface area contributed by atoms with Gasteiger partial charge in [0.1, 0.15) is 5.75 Å². The molecule has 1 rings (SSSR count). The summed E-state index contributed by atoms with van der Waals surface area (Å²) in [6.45, 7) is 6.63. The minimum absolute atomic E-state index is 0.0415. The number of anilines is 1. The Balaban J connectivity index is 2.55. The Labute approximate surface area is 157 Å². The van der Waals surface area contributed by atoms with Crippen molar-refractivity contribution in [3.05, 3.63) is 24.3 Å². The molecule has 8 heteroatoms. The SMILES string of the molecule is CN=C(NCCS(=O)(=O)C(C)(C)C)Nc1cccc(OCCCOC)c1. The molecule has 0 bridgehead atoms. The Morgan fingerprint density at radius 2 is 1.96 bits per heavy atom. The monoisotopic (exact) mass is 385 g/mol. The minimum atomic E-state index is -3.17. The molecule has 0 fully saturated rings. The predicted octanol–water partition coefficient (Wildman–Crippen LogP) is 2.30. The molecule has 0 heterocycles. The van der Waals surface area contributed by atoms with Crippen molar-refractivity contribution in [1.29, 1.82) is 0 Å². The van der Waals surface area contributed by atoms with E-state index in [9.17, 15) is 8.42 Å². The van der Waals surface area contributed by atoms with Gasteiger partial charge in [0.25, 0.3) is 0 Å². The van der Waals surface area contributed by atoms with Crippen molar-refractivity contribution in [3.8, 4) is 5.75 Å². The lowest BCUT2D eigenvalue weighted by Crippen LogP contribution is -2.38. The van der Waals surface area contributed by atoms with Gasteiger partial charge in [0, 0.05) is 45.5 Å². The van der Waals surface area contributed by atoms with Crippen LogP contribution < -0.4 is 15.4 Å². The number of ether oxygens (including phenoxy) is 2. The number of sulfone groups is 1.